The Bertz CT molecular complexity index is 873. The van der Waals surface area contributed by atoms with Crippen LogP contribution in [-0.4, -0.2) is 24.9 Å². The standard InChI is InChI=1S/C27H39N3O3/c1-3-5-17-30(20-23-11-8-18-33-23)25-14-13-22(19-24(25)27(32)28-16-4-2)29-26(31)15-12-21-9-6-7-10-21/h8,11,13-14,18-19,21H,3-7,9-10,12,15-17,20H2,1-2H3,(H,28,32)(H,29,31). The molecular weight excluding hydrogens is 414 g/mol. The van der Waals surface area contributed by atoms with E-state index in [0.29, 0.717) is 36.7 Å². The average molecular weight is 454 g/mol. The molecule has 1 aliphatic carbocycles. The zero-order valence-electron chi connectivity index (χ0n) is 20.2. The Hall–Kier alpha value is -2.76. The zero-order chi connectivity index (χ0) is 23.5. The number of unbranched alkanes of at least 4 members (excludes halogenated alkanes) is 1. The van der Waals surface area contributed by atoms with Crippen LogP contribution in [0.25, 0.3) is 0 Å². The number of nitrogens with zero attached hydrogens (tertiary/aromatic N) is 1. The molecule has 0 spiro atoms. The maximum absolute atomic E-state index is 13.1. The molecule has 2 amide bonds. The molecule has 2 aromatic rings. The van der Waals surface area contributed by atoms with Gasteiger partial charge in [-0.2, -0.15) is 0 Å². The Balaban J connectivity index is 1.78. The van der Waals surface area contributed by atoms with E-state index in [4.69, 9.17) is 4.42 Å². The van der Waals surface area contributed by atoms with Crippen molar-refractivity contribution < 1.29 is 14.0 Å². The van der Waals surface area contributed by atoms with E-state index in [2.05, 4.69) is 22.5 Å². The van der Waals surface area contributed by atoms with Crippen LogP contribution in [0.2, 0.25) is 0 Å². The van der Waals surface area contributed by atoms with Crippen LogP contribution in [0.3, 0.4) is 0 Å². The second-order valence-corrected chi connectivity index (χ2v) is 9.08. The molecule has 33 heavy (non-hydrogen) atoms. The van der Waals surface area contributed by atoms with Gasteiger partial charge in [0.05, 0.1) is 24.1 Å². The van der Waals surface area contributed by atoms with E-state index < -0.39 is 0 Å². The fourth-order valence-corrected chi connectivity index (χ4v) is 4.49. The number of rotatable bonds is 13. The van der Waals surface area contributed by atoms with Crippen molar-refractivity contribution in [2.24, 2.45) is 5.92 Å². The topological polar surface area (TPSA) is 74.6 Å². The van der Waals surface area contributed by atoms with Crippen molar-refractivity contribution in [2.75, 3.05) is 23.3 Å². The number of nitrogens with one attached hydrogen (secondary N) is 2. The molecule has 6 nitrogen and oxygen atoms in total. The van der Waals surface area contributed by atoms with E-state index in [1.54, 1.807) is 6.26 Å². The molecule has 6 heteroatoms. The highest BCUT2D eigenvalue weighted by atomic mass is 16.3. The molecular formula is C27H39N3O3. The van der Waals surface area contributed by atoms with Gasteiger partial charge in [0, 0.05) is 25.2 Å². The fourth-order valence-electron chi connectivity index (χ4n) is 4.49. The van der Waals surface area contributed by atoms with Crippen LogP contribution in [0.4, 0.5) is 11.4 Å². The van der Waals surface area contributed by atoms with Crippen LogP contribution in [0.1, 0.15) is 87.8 Å². The van der Waals surface area contributed by atoms with E-state index in [1.165, 1.54) is 25.7 Å². The lowest BCUT2D eigenvalue weighted by Crippen LogP contribution is -2.30. The van der Waals surface area contributed by atoms with Gasteiger partial charge in [-0.05, 0) is 55.5 Å². The van der Waals surface area contributed by atoms with E-state index in [9.17, 15) is 9.59 Å². The Morgan fingerprint density at radius 2 is 1.94 bits per heavy atom. The molecule has 0 atom stereocenters. The maximum atomic E-state index is 13.1. The molecule has 3 rings (SSSR count). The monoisotopic (exact) mass is 453 g/mol. The second-order valence-electron chi connectivity index (χ2n) is 9.08. The summed E-state index contributed by atoms with van der Waals surface area (Å²) >= 11 is 0. The third-order valence-electron chi connectivity index (χ3n) is 6.36. The van der Waals surface area contributed by atoms with Crippen molar-refractivity contribution in [2.45, 2.75) is 78.2 Å². The number of carbonyl (C=O) groups is 2. The summed E-state index contributed by atoms with van der Waals surface area (Å²) in [5.74, 6) is 1.44. The van der Waals surface area contributed by atoms with Gasteiger partial charge < -0.3 is 20.0 Å². The van der Waals surface area contributed by atoms with Crippen LogP contribution >= 0.6 is 0 Å². The van der Waals surface area contributed by atoms with Gasteiger partial charge in [0.2, 0.25) is 5.91 Å². The number of benzene rings is 1. The predicted octanol–water partition coefficient (Wildman–Crippen LogP) is 6.14. The molecule has 1 aromatic carbocycles. The molecule has 0 bridgehead atoms. The number of hydrogen-bond donors (Lipinski definition) is 2. The van der Waals surface area contributed by atoms with Gasteiger partial charge in [0.25, 0.3) is 5.91 Å². The largest absolute Gasteiger partial charge is 0.467 e. The number of carbonyl (C=O) groups excluding carboxylic acids is 2. The molecule has 0 unspecified atom stereocenters. The first-order valence-electron chi connectivity index (χ1n) is 12.6. The predicted molar refractivity (Wildman–Crippen MR) is 134 cm³/mol. The summed E-state index contributed by atoms with van der Waals surface area (Å²) in [7, 11) is 0. The van der Waals surface area contributed by atoms with Crippen LogP contribution < -0.4 is 15.5 Å². The van der Waals surface area contributed by atoms with E-state index >= 15 is 0 Å². The summed E-state index contributed by atoms with van der Waals surface area (Å²) in [6.07, 6.45) is 11.1. The van der Waals surface area contributed by atoms with Gasteiger partial charge >= 0.3 is 0 Å². The zero-order valence-corrected chi connectivity index (χ0v) is 20.2. The molecule has 0 saturated heterocycles. The fraction of sp³-hybridized carbons (Fsp3) is 0.556. The number of furan rings is 1. The molecule has 1 fully saturated rings. The van der Waals surface area contributed by atoms with Crippen molar-refractivity contribution in [1.29, 1.82) is 0 Å². The van der Waals surface area contributed by atoms with Crippen LogP contribution in [0, 0.1) is 5.92 Å². The maximum Gasteiger partial charge on any atom is 0.253 e. The van der Waals surface area contributed by atoms with Crippen molar-refractivity contribution >= 4 is 23.2 Å². The Morgan fingerprint density at radius 3 is 2.64 bits per heavy atom. The molecule has 2 N–H and O–H groups in total. The first-order valence-corrected chi connectivity index (χ1v) is 12.6. The molecule has 1 aliphatic rings. The molecule has 1 saturated carbocycles. The number of anilines is 2. The normalized spacial score (nSPS) is 13.8. The Kier molecular flexibility index (Phi) is 9.85. The van der Waals surface area contributed by atoms with Crippen LogP contribution in [0.15, 0.2) is 41.0 Å². The van der Waals surface area contributed by atoms with Gasteiger partial charge in [0.1, 0.15) is 5.76 Å². The lowest BCUT2D eigenvalue weighted by atomic mass is 10.0. The summed E-state index contributed by atoms with van der Waals surface area (Å²) in [5, 5.41) is 6.02. The minimum Gasteiger partial charge on any atom is -0.467 e. The van der Waals surface area contributed by atoms with Crippen molar-refractivity contribution in [3.05, 3.63) is 47.9 Å². The average Bonchev–Trinajstić information content (AvgIpc) is 3.53. The Morgan fingerprint density at radius 1 is 1.12 bits per heavy atom. The lowest BCUT2D eigenvalue weighted by Gasteiger charge is -2.26. The third kappa shape index (κ3) is 7.65. The van der Waals surface area contributed by atoms with Gasteiger partial charge in [-0.3, -0.25) is 9.59 Å². The minimum atomic E-state index is -0.116. The first-order chi connectivity index (χ1) is 16.1. The highest BCUT2D eigenvalue weighted by Gasteiger charge is 2.20. The minimum absolute atomic E-state index is 0.0213. The third-order valence-corrected chi connectivity index (χ3v) is 6.36. The van der Waals surface area contributed by atoms with Gasteiger partial charge in [-0.25, -0.2) is 0 Å². The highest BCUT2D eigenvalue weighted by Crippen LogP contribution is 2.29. The quantitative estimate of drug-likeness (QED) is 0.382. The number of amides is 2. The summed E-state index contributed by atoms with van der Waals surface area (Å²) in [5.41, 5.74) is 2.11. The molecule has 1 aromatic heterocycles. The van der Waals surface area contributed by atoms with E-state index in [-0.39, 0.29) is 11.8 Å². The molecule has 0 aliphatic heterocycles. The Labute approximate surface area is 198 Å². The summed E-state index contributed by atoms with van der Waals surface area (Å²) in [4.78, 5) is 27.8. The van der Waals surface area contributed by atoms with Crippen molar-refractivity contribution in [3.63, 3.8) is 0 Å². The summed E-state index contributed by atoms with van der Waals surface area (Å²) in [6.45, 7) is 6.21. The van der Waals surface area contributed by atoms with Gasteiger partial charge in [-0.15, -0.1) is 0 Å². The van der Waals surface area contributed by atoms with Crippen molar-refractivity contribution in [3.8, 4) is 0 Å². The summed E-state index contributed by atoms with van der Waals surface area (Å²) < 4.78 is 5.58. The highest BCUT2D eigenvalue weighted by molar-refractivity contribution is 6.02. The van der Waals surface area contributed by atoms with Gasteiger partial charge in [-0.1, -0.05) is 46.0 Å². The first kappa shape index (κ1) is 24.9. The smallest absolute Gasteiger partial charge is 0.253 e. The summed E-state index contributed by atoms with van der Waals surface area (Å²) in [6, 6.07) is 9.50. The molecule has 0 radical (unpaired) electrons. The lowest BCUT2D eigenvalue weighted by molar-refractivity contribution is -0.116. The second kappa shape index (κ2) is 13.1. The van der Waals surface area contributed by atoms with Crippen molar-refractivity contribution in [1.82, 2.24) is 5.32 Å². The number of hydrogen-bond acceptors (Lipinski definition) is 4. The van der Waals surface area contributed by atoms with E-state index in [0.717, 1.165) is 43.7 Å². The van der Waals surface area contributed by atoms with Gasteiger partial charge in [0.15, 0.2) is 0 Å². The van der Waals surface area contributed by atoms with E-state index in [1.807, 2.05) is 37.3 Å². The van der Waals surface area contributed by atoms with Crippen LogP contribution in [-0.2, 0) is 11.3 Å². The molecule has 1 heterocycles. The van der Waals surface area contributed by atoms with Crippen LogP contribution in [0.5, 0.6) is 0 Å². The SMILES string of the molecule is CCCCN(Cc1ccco1)c1ccc(NC(=O)CCC2CCCC2)cc1C(=O)NCCC. The molecule has 180 valence electrons.